The van der Waals surface area contributed by atoms with Gasteiger partial charge in [-0.25, -0.2) is 0 Å². The Bertz CT molecular complexity index is 1490. The molecule has 3 N–H and O–H groups in total. The fourth-order valence-corrected chi connectivity index (χ4v) is 6.83. The molecule has 3 unspecified atom stereocenters. The van der Waals surface area contributed by atoms with Gasteiger partial charge in [0, 0.05) is 71.7 Å². The van der Waals surface area contributed by atoms with Crippen LogP contribution in [0.5, 0.6) is 0 Å². The number of nitrogens with zero attached hydrogens (tertiary/aromatic N) is 4. The van der Waals surface area contributed by atoms with E-state index in [1.54, 1.807) is 0 Å². The quantitative estimate of drug-likeness (QED) is 0.400. The highest BCUT2D eigenvalue weighted by atomic mass is 16.5. The third-order valence-electron chi connectivity index (χ3n) is 9.33. The summed E-state index contributed by atoms with van der Waals surface area (Å²) in [5.74, 6) is -0.445. The van der Waals surface area contributed by atoms with Crippen molar-refractivity contribution in [2.75, 3.05) is 45.9 Å². The Labute approximate surface area is 247 Å². The maximum atomic E-state index is 13.7. The number of morpholine rings is 1. The van der Waals surface area contributed by atoms with E-state index in [9.17, 15) is 9.59 Å². The van der Waals surface area contributed by atoms with Crippen molar-refractivity contribution in [1.29, 1.82) is 0 Å². The number of piperidine rings is 1. The molecule has 224 valence electrons. The molecule has 3 atom stereocenters. The molecule has 0 aromatic carbocycles. The van der Waals surface area contributed by atoms with Crippen LogP contribution in [0.15, 0.2) is 42.5 Å². The van der Waals surface area contributed by atoms with E-state index in [1.807, 2.05) is 39.1 Å². The van der Waals surface area contributed by atoms with Gasteiger partial charge in [0.15, 0.2) is 0 Å². The van der Waals surface area contributed by atoms with Crippen LogP contribution in [-0.4, -0.2) is 76.8 Å². The molecule has 0 bridgehead atoms. The van der Waals surface area contributed by atoms with Gasteiger partial charge in [-0.15, -0.1) is 0 Å². The van der Waals surface area contributed by atoms with Crippen LogP contribution in [0.25, 0.3) is 16.6 Å². The van der Waals surface area contributed by atoms with E-state index in [1.165, 1.54) is 0 Å². The lowest BCUT2D eigenvalue weighted by Gasteiger charge is -2.34. The zero-order chi connectivity index (χ0) is 29.4. The average Bonchev–Trinajstić information content (AvgIpc) is 3.64. The van der Waals surface area contributed by atoms with Gasteiger partial charge in [0.25, 0.3) is 5.91 Å². The van der Waals surface area contributed by atoms with E-state index in [-0.39, 0.29) is 36.2 Å². The monoisotopic (exact) mass is 573 g/mol. The summed E-state index contributed by atoms with van der Waals surface area (Å²) in [6.07, 6.45) is 10.5. The molecule has 3 aromatic heterocycles. The number of aromatic nitrogens is 3. The van der Waals surface area contributed by atoms with Gasteiger partial charge < -0.3 is 25.1 Å². The third kappa shape index (κ3) is 5.63. The van der Waals surface area contributed by atoms with E-state index < -0.39 is 0 Å². The Morgan fingerprint density at radius 1 is 1.14 bits per heavy atom. The van der Waals surface area contributed by atoms with E-state index in [0.717, 1.165) is 72.6 Å². The number of rotatable bonds is 7. The summed E-state index contributed by atoms with van der Waals surface area (Å²) in [6.45, 7) is 13.6. The van der Waals surface area contributed by atoms with Gasteiger partial charge in [-0.05, 0) is 70.3 Å². The molecule has 3 aromatic rings. The highest BCUT2D eigenvalue weighted by Crippen LogP contribution is 2.33. The van der Waals surface area contributed by atoms with Crippen molar-refractivity contribution in [3.05, 3.63) is 59.3 Å². The minimum absolute atomic E-state index is 0.0436. The van der Waals surface area contributed by atoms with Crippen LogP contribution < -0.4 is 16.0 Å². The molecule has 2 fully saturated rings. The second-order valence-electron chi connectivity index (χ2n) is 12.1. The van der Waals surface area contributed by atoms with E-state index in [0.29, 0.717) is 24.8 Å². The van der Waals surface area contributed by atoms with Gasteiger partial charge in [-0.1, -0.05) is 13.0 Å². The molecular formula is C32H43N7O3. The summed E-state index contributed by atoms with van der Waals surface area (Å²) in [7, 11) is 0. The van der Waals surface area contributed by atoms with Crippen molar-refractivity contribution < 1.29 is 14.3 Å². The first-order chi connectivity index (χ1) is 20.3. The Hall–Kier alpha value is -3.47. The van der Waals surface area contributed by atoms with E-state index in [2.05, 4.69) is 55.3 Å². The molecule has 2 saturated heterocycles. The summed E-state index contributed by atoms with van der Waals surface area (Å²) in [6, 6.07) is 4.63. The van der Waals surface area contributed by atoms with Crippen molar-refractivity contribution in [2.24, 2.45) is 11.8 Å². The number of carbonyl (C=O) groups is 2. The lowest BCUT2D eigenvalue weighted by Crippen LogP contribution is -2.44. The maximum Gasteiger partial charge on any atom is 0.251 e. The first kappa shape index (κ1) is 28.6. The van der Waals surface area contributed by atoms with Crippen molar-refractivity contribution in [3.8, 4) is 11.1 Å². The molecule has 6 heterocycles. The molecule has 6 rings (SSSR count). The fraction of sp³-hybridized carbons (Fsp3) is 0.531. The minimum Gasteiger partial charge on any atom is -0.379 e. The number of ether oxygens (including phenoxy) is 1. The number of nitrogens with one attached hydrogen (secondary N) is 3. The van der Waals surface area contributed by atoms with Crippen LogP contribution in [0.4, 0.5) is 0 Å². The van der Waals surface area contributed by atoms with Crippen LogP contribution in [-0.2, 0) is 9.53 Å². The Morgan fingerprint density at radius 3 is 2.64 bits per heavy atom. The van der Waals surface area contributed by atoms with Crippen molar-refractivity contribution in [3.63, 3.8) is 0 Å². The van der Waals surface area contributed by atoms with Crippen LogP contribution in [0, 0.1) is 18.8 Å². The van der Waals surface area contributed by atoms with Crippen molar-refractivity contribution >= 4 is 17.3 Å². The zero-order valence-corrected chi connectivity index (χ0v) is 25.2. The Kier molecular flexibility index (Phi) is 8.20. The summed E-state index contributed by atoms with van der Waals surface area (Å²) < 4.78 is 9.98. The van der Waals surface area contributed by atoms with Gasteiger partial charge >= 0.3 is 0 Å². The van der Waals surface area contributed by atoms with Crippen LogP contribution in [0.1, 0.15) is 67.3 Å². The van der Waals surface area contributed by atoms with Crippen LogP contribution in [0.3, 0.4) is 0 Å². The first-order valence-corrected chi connectivity index (χ1v) is 15.3. The molecule has 42 heavy (non-hydrogen) atoms. The molecule has 0 radical (unpaired) electrons. The van der Waals surface area contributed by atoms with Gasteiger partial charge in [0.1, 0.15) is 0 Å². The summed E-state index contributed by atoms with van der Waals surface area (Å²) in [5.41, 5.74) is 6.67. The van der Waals surface area contributed by atoms with E-state index in [4.69, 9.17) is 9.84 Å². The van der Waals surface area contributed by atoms with Gasteiger partial charge in [0.05, 0.1) is 31.4 Å². The minimum atomic E-state index is -0.301. The lowest BCUT2D eigenvalue weighted by molar-refractivity contribution is -0.125. The SMILES string of the molecule is CC1=CC(C)C(CNC(=O)c2cc3cc(-c4cnn(C5CCNCC5)c4)cn3c(C(C)N3CCOCC3)c2C)C(=O)N1. The average molecular weight is 574 g/mol. The number of hydrogen-bond donors (Lipinski definition) is 3. The van der Waals surface area contributed by atoms with Gasteiger partial charge in [-0.3, -0.25) is 19.2 Å². The number of amides is 2. The smallest absolute Gasteiger partial charge is 0.251 e. The molecule has 3 aliphatic rings. The predicted molar refractivity (Wildman–Crippen MR) is 162 cm³/mol. The molecule has 10 nitrogen and oxygen atoms in total. The maximum absolute atomic E-state index is 13.7. The topological polar surface area (TPSA) is 105 Å². The molecule has 0 saturated carbocycles. The summed E-state index contributed by atoms with van der Waals surface area (Å²) in [4.78, 5) is 28.8. The van der Waals surface area contributed by atoms with Crippen LogP contribution in [0.2, 0.25) is 0 Å². The lowest BCUT2D eigenvalue weighted by atomic mass is 9.89. The number of hydrogen-bond acceptors (Lipinski definition) is 6. The predicted octanol–water partition coefficient (Wildman–Crippen LogP) is 3.44. The highest BCUT2D eigenvalue weighted by Gasteiger charge is 2.30. The number of carbonyl (C=O) groups excluding carboxylic acids is 2. The zero-order valence-electron chi connectivity index (χ0n) is 25.2. The Morgan fingerprint density at radius 2 is 1.90 bits per heavy atom. The molecule has 0 spiro atoms. The molecule has 2 amide bonds. The summed E-state index contributed by atoms with van der Waals surface area (Å²) in [5, 5.41) is 14.1. The second kappa shape index (κ2) is 12.0. The van der Waals surface area contributed by atoms with Gasteiger partial charge in [0.2, 0.25) is 5.91 Å². The third-order valence-corrected chi connectivity index (χ3v) is 9.33. The number of pyridine rings is 1. The normalized spacial score (nSPS) is 23.0. The fourth-order valence-electron chi connectivity index (χ4n) is 6.83. The molecule has 0 aliphatic carbocycles. The first-order valence-electron chi connectivity index (χ1n) is 15.3. The van der Waals surface area contributed by atoms with Crippen molar-refractivity contribution in [1.82, 2.24) is 35.0 Å². The highest BCUT2D eigenvalue weighted by molar-refractivity contribution is 5.97. The van der Waals surface area contributed by atoms with Crippen molar-refractivity contribution in [2.45, 2.75) is 52.6 Å². The molecular weight excluding hydrogens is 530 g/mol. The molecule has 3 aliphatic heterocycles. The van der Waals surface area contributed by atoms with Gasteiger partial charge in [-0.2, -0.15) is 5.10 Å². The summed E-state index contributed by atoms with van der Waals surface area (Å²) >= 11 is 0. The van der Waals surface area contributed by atoms with E-state index >= 15 is 0 Å². The Balaban J connectivity index is 1.34. The number of allylic oxidation sites excluding steroid dienone is 2. The number of fused-ring (bicyclic) bond motifs is 1. The second-order valence-corrected chi connectivity index (χ2v) is 12.1. The largest absolute Gasteiger partial charge is 0.379 e. The standard InChI is InChI=1S/C32H43N7O3/c1-20-13-21(2)36-32(41)29(20)17-34-31(40)28-15-27-14-24(25-16-35-39(19-25)26-5-7-33-8-6-26)18-38(27)30(22(28)3)23(4)37-9-11-42-12-10-37/h13-16,18-20,23,26,29,33H,5-12,17H2,1-4H3,(H,34,40)(H,36,41). The molecule has 10 heteroatoms. The van der Waals surface area contributed by atoms with Crippen LogP contribution >= 0.6 is 0 Å².